The summed E-state index contributed by atoms with van der Waals surface area (Å²) < 4.78 is 11.2. The second-order valence-electron chi connectivity index (χ2n) is 4.55. The lowest BCUT2D eigenvalue weighted by atomic mass is 10.2. The molecule has 7 nitrogen and oxygen atoms in total. The number of benzene rings is 1. The van der Waals surface area contributed by atoms with Crippen molar-refractivity contribution in [2.75, 3.05) is 6.61 Å². The van der Waals surface area contributed by atoms with E-state index >= 15 is 0 Å². The molecule has 0 saturated heterocycles. The minimum absolute atomic E-state index is 0.104. The number of aromatic amines is 1. The smallest absolute Gasteiger partial charge is 0.327 e. The van der Waals surface area contributed by atoms with Gasteiger partial charge in [-0.15, -0.1) is 0 Å². The summed E-state index contributed by atoms with van der Waals surface area (Å²) in [5.41, 5.74) is 4.20. The molecule has 0 atom stereocenters. The lowest BCUT2D eigenvalue weighted by molar-refractivity contribution is 0.0912. The molecule has 0 saturated carbocycles. The fourth-order valence-corrected chi connectivity index (χ4v) is 2.36. The number of hydrogen-bond acceptors (Lipinski definition) is 5. The molecule has 0 aliphatic carbocycles. The highest BCUT2D eigenvalue weighted by Gasteiger charge is 2.13. The van der Waals surface area contributed by atoms with Crippen LogP contribution in [0.5, 0.6) is 5.95 Å². The van der Waals surface area contributed by atoms with E-state index in [0.29, 0.717) is 6.61 Å². The summed E-state index contributed by atoms with van der Waals surface area (Å²) in [4.78, 5) is 18.8. The van der Waals surface area contributed by atoms with Crippen molar-refractivity contribution in [3.8, 4) is 5.95 Å². The molecular formula is C15H13BrN4O3. The number of hydrogen-bond donors (Lipinski definition) is 2. The van der Waals surface area contributed by atoms with Crippen molar-refractivity contribution in [1.82, 2.24) is 15.4 Å². The van der Waals surface area contributed by atoms with Gasteiger partial charge in [0.25, 0.3) is 5.89 Å². The van der Waals surface area contributed by atoms with E-state index < -0.39 is 5.91 Å². The second-order valence-corrected chi connectivity index (χ2v) is 5.47. The molecule has 0 fully saturated rings. The minimum atomic E-state index is -0.548. The summed E-state index contributed by atoms with van der Waals surface area (Å²) >= 11 is 3.43. The van der Waals surface area contributed by atoms with Gasteiger partial charge in [-0.25, -0.2) is 10.4 Å². The van der Waals surface area contributed by atoms with Crippen LogP contribution in [0.25, 0.3) is 10.9 Å². The van der Waals surface area contributed by atoms with Crippen molar-refractivity contribution in [3.05, 3.63) is 46.5 Å². The first-order chi connectivity index (χ1) is 11.2. The van der Waals surface area contributed by atoms with E-state index in [1.807, 2.05) is 31.3 Å². The van der Waals surface area contributed by atoms with Gasteiger partial charge in [0.15, 0.2) is 0 Å². The molecule has 1 aromatic carbocycles. The zero-order chi connectivity index (χ0) is 16.2. The van der Waals surface area contributed by atoms with Crippen LogP contribution in [0, 0.1) is 0 Å². The summed E-state index contributed by atoms with van der Waals surface area (Å²) in [7, 11) is 0. The number of halogens is 1. The number of fused-ring (bicyclic) bond motifs is 1. The van der Waals surface area contributed by atoms with Gasteiger partial charge >= 0.3 is 11.9 Å². The van der Waals surface area contributed by atoms with Crippen molar-refractivity contribution in [2.24, 2.45) is 5.10 Å². The first-order valence-corrected chi connectivity index (χ1v) is 7.65. The molecule has 8 heteroatoms. The molecule has 0 aliphatic heterocycles. The van der Waals surface area contributed by atoms with E-state index in [4.69, 9.17) is 9.15 Å². The van der Waals surface area contributed by atoms with Gasteiger partial charge in [0.05, 0.1) is 12.8 Å². The number of nitrogens with zero attached hydrogens (tertiary/aromatic N) is 2. The molecule has 0 bridgehead atoms. The van der Waals surface area contributed by atoms with E-state index in [9.17, 15) is 4.79 Å². The largest absolute Gasteiger partial charge is 0.464 e. The van der Waals surface area contributed by atoms with E-state index in [1.165, 1.54) is 6.20 Å². The highest BCUT2D eigenvalue weighted by Crippen LogP contribution is 2.21. The van der Waals surface area contributed by atoms with Crippen LogP contribution in [0.15, 0.2) is 44.6 Å². The Balaban J connectivity index is 1.69. The van der Waals surface area contributed by atoms with Crippen LogP contribution in [0.2, 0.25) is 0 Å². The van der Waals surface area contributed by atoms with Gasteiger partial charge in [-0.2, -0.15) is 5.10 Å². The van der Waals surface area contributed by atoms with Crippen LogP contribution in [0.4, 0.5) is 0 Å². The normalized spacial score (nSPS) is 11.2. The maximum atomic E-state index is 11.9. The monoisotopic (exact) mass is 376 g/mol. The fraction of sp³-hybridized carbons (Fsp3) is 0.133. The molecular weight excluding hydrogens is 364 g/mol. The number of carbonyl (C=O) groups is 1. The number of carbonyl (C=O) groups excluding carboxylic acids is 1. The maximum absolute atomic E-state index is 11.9. The molecule has 2 aromatic heterocycles. The quantitative estimate of drug-likeness (QED) is 0.528. The van der Waals surface area contributed by atoms with Crippen molar-refractivity contribution >= 4 is 39.0 Å². The summed E-state index contributed by atoms with van der Waals surface area (Å²) in [5.74, 6) is -0.455. The number of nitrogens with one attached hydrogen (secondary N) is 2. The van der Waals surface area contributed by atoms with Crippen LogP contribution < -0.4 is 10.2 Å². The van der Waals surface area contributed by atoms with Gasteiger partial charge < -0.3 is 14.1 Å². The standard InChI is InChI=1S/C15H13BrN4O3/c1-2-22-13-8-18-15(23-13)14(21)20-19-7-9-6-17-12-4-3-10(16)5-11(9)12/h3-8,17H,2H2,1H3,(H,20,21)/b19-7-. The van der Waals surface area contributed by atoms with Gasteiger partial charge in [-0.1, -0.05) is 15.9 Å². The Hall–Kier alpha value is -2.61. The minimum Gasteiger partial charge on any atom is -0.464 e. The van der Waals surface area contributed by atoms with Gasteiger partial charge in [-0.3, -0.25) is 4.79 Å². The Morgan fingerprint density at radius 1 is 1.57 bits per heavy atom. The van der Waals surface area contributed by atoms with Crippen molar-refractivity contribution in [2.45, 2.75) is 6.92 Å². The van der Waals surface area contributed by atoms with Crippen LogP contribution in [0.3, 0.4) is 0 Å². The SMILES string of the molecule is CCOc1cnc(C(=O)N/N=C\c2c[nH]c3ccc(Br)cc23)o1. The third-order valence-corrected chi connectivity index (χ3v) is 3.50. The molecule has 23 heavy (non-hydrogen) atoms. The predicted octanol–water partition coefficient (Wildman–Crippen LogP) is 3.08. The van der Waals surface area contributed by atoms with Crippen molar-refractivity contribution in [3.63, 3.8) is 0 Å². The Bertz CT molecular complexity index is 869. The van der Waals surface area contributed by atoms with E-state index in [1.54, 1.807) is 6.21 Å². The Morgan fingerprint density at radius 3 is 3.26 bits per heavy atom. The highest BCUT2D eigenvalue weighted by molar-refractivity contribution is 9.10. The number of aromatic nitrogens is 2. The average molecular weight is 377 g/mol. The molecule has 1 amide bonds. The molecule has 0 radical (unpaired) electrons. The van der Waals surface area contributed by atoms with Crippen LogP contribution in [-0.4, -0.2) is 28.7 Å². The van der Waals surface area contributed by atoms with Crippen molar-refractivity contribution < 1.29 is 13.9 Å². The Kier molecular flexibility index (Phi) is 4.42. The number of oxazole rings is 1. The van der Waals surface area contributed by atoms with Crippen LogP contribution in [0.1, 0.15) is 23.2 Å². The molecule has 3 aromatic rings. The van der Waals surface area contributed by atoms with E-state index in [-0.39, 0.29) is 11.8 Å². The third-order valence-electron chi connectivity index (χ3n) is 3.01. The number of H-pyrrole nitrogens is 1. The second kappa shape index (κ2) is 6.66. The van der Waals surface area contributed by atoms with Gasteiger partial charge in [0.2, 0.25) is 0 Å². The molecule has 0 spiro atoms. The molecule has 2 heterocycles. The summed E-state index contributed by atoms with van der Waals surface area (Å²) in [6, 6.07) is 5.87. The number of amides is 1. The molecule has 0 aliphatic rings. The molecule has 118 valence electrons. The van der Waals surface area contributed by atoms with E-state index in [2.05, 4.69) is 36.4 Å². The summed E-state index contributed by atoms with van der Waals surface area (Å²) in [6.07, 6.45) is 4.71. The zero-order valence-electron chi connectivity index (χ0n) is 12.2. The molecule has 0 unspecified atom stereocenters. The summed E-state index contributed by atoms with van der Waals surface area (Å²) in [6.45, 7) is 2.25. The number of rotatable bonds is 5. The van der Waals surface area contributed by atoms with Gasteiger partial charge in [-0.05, 0) is 25.1 Å². The van der Waals surface area contributed by atoms with Crippen LogP contribution >= 0.6 is 15.9 Å². The number of hydrazone groups is 1. The first kappa shape index (κ1) is 15.3. The van der Waals surface area contributed by atoms with Crippen molar-refractivity contribution in [1.29, 1.82) is 0 Å². The zero-order valence-corrected chi connectivity index (χ0v) is 13.8. The number of ether oxygens (including phenoxy) is 1. The van der Waals surface area contributed by atoms with E-state index in [0.717, 1.165) is 20.9 Å². The highest BCUT2D eigenvalue weighted by atomic mass is 79.9. The average Bonchev–Trinajstić information content (AvgIpc) is 3.15. The first-order valence-electron chi connectivity index (χ1n) is 6.86. The Morgan fingerprint density at radius 2 is 2.43 bits per heavy atom. The van der Waals surface area contributed by atoms with Crippen LogP contribution in [-0.2, 0) is 0 Å². The maximum Gasteiger partial charge on any atom is 0.327 e. The predicted molar refractivity (Wildman–Crippen MR) is 88.7 cm³/mol. The van der Waals surface area contributed by atoms with Gasteiger partial charge in [0.1, 0.15) is 6.20 Å². The molecule has 2 N–H and O–H groups in total. The lowest BCUT2D eigenvalue weighted by Crippen LogP contribution is -2.17. The topological polar surface area (TPSA) is 92.5 Å². The molecule has 3 rings (SSSR count). The summed E-state index contributed by atoms with van der Waals surface area (Å²) in [5, 5.41) is 4.92. The third kappa shape index (κ3) is 3.42. The fourth-order valence-electron chi connectivity index (χ4n) is 2.00. The Labute approximate surface area is 139 Å². The van der Waals surface area contributed by atoms with Gasteiger partial charge in [0, 0.05) is 27.1 Å². The lowest BCUT2D eigenvalue weighted by Gasteiger charge is -1.96.